The number of hydrogen-bond donors (Lipinski definition) is 1. The molecule has 1 aromatic carbocycles. The highest BCUT2D eigenvalue weighted by molar-refractivity contribution is 7.89. The van der Waals surface area contributed by atoms with Gasteiger partial charge in [0.1, 0.15) is 6.61 Å². The molecular weight excluding hydrogens is 316 g/mol. The molecule has 1 saturated heterocycles. The average Bonchev–Trinajstić information content (AvgIpc) is 2.54. The number of amides is 1. The van der Waals surface area contributed by atoms with Crippen LogP contribution in [0.1, 0.15) is 31.7 Å². The van der Waals surface area contributed by atoms with Gasteiger partial charge >= 0.3 is 6.09 Å². The third kappa shape index (κ3) is 5.51. The Kier molecular flexibility index (Phi) is 6.41. The van der Waals surface area contributed by atoms with E-state index in [0.717, 1.165) is 5.56 Å². The molecule has 0 aliphatic carbocycles. The molecule has 1 amide bonds. The molecule has 0 atom stereocenters. The van der Waals surface area contributed by atoms with Crippen molar-refractivity contribution in [3.05, 3.63) is 35.9 Å². The second-order valence-corrected chi connectivity index (χ2v) is 7.78. The minimum absolute atomic E-state index is 0.0358. The quantitative estimate of drug-likeness (QED) is 0.860. The van der Waals surface area contributed by atoms with Crippen LogP contribution in [-0.4, -0.2) is 43.7 Å². The molecule has 1 aliphatic heterocycles. The van der Waals surface area contributed by atoms with Crippen molar-refractivity contribution in [3.63, 3.8) is 0 Å². The summed E-state index contributed by atoms with van der Waals surface area (Å²) in [5.74, 6) is 0.185. The van der Waals surface area contributed by atoms with Crippen molar-refractivity contribution < 1.29 is 17.9 Å². The second kappa shape index (κ2) is 8.31. The van der Waals surface area contributed by atoms with Gasteiger partial charge in [-0.2, -0.15) is 0 Å². The van der Waals surface area contributed by atoms with Gasteiger partial charge in [0, 0.05) is 19.1 Å². The second-order valence-electron chi connectivity index (χ2n) is 5.70. The number of ether oxygens (including phenoxy) is 1. The molecule has 1 aliphatic rings. The zero-order valence-electron chi connectivity index (χ0n) is 13.4. The van der Waals surface area contributed by atoms with E-state index in [4.69, 9.17) is 4.74 Å². The lowest BCUT2D eigenvalue weighted by molar-refractivity contribution is 0.131. The summed E-state index contributed by atoms with van der Waals surface area (Å²) in [4.78, 5) is 11.8. The normalized spacial score (nSPS) is 16.9. The summed E-state index contributed by atoms with van der Waals surface area (Å²) >= 11 is 0. The first kappa shape index (κ1) is 17.7. The zero-order valence-corrected chi connectivity index (χ0v) is 14.2. The third-order valence-corrected chi connectivity index (χ3v) is 5.92. The van der Waals surface area contributed by atoms with Gasteiger partial charge in [0.25, 0.3) is 0 Å². The Morgan fingerprint density at radius 1 is 1.26 bits per heavy atom. The summed E-state index contributed by atoms with van der Waals surface area (Å²) in [5.41, 5.74) is 0.933. The number of carbonyl (C=O) groups is 1. The number of benzene rings is 1. The molecule has 0 radical (unpaired) electrons. The molecule has 1 heterocycles. The van der Waals surface area contributed by atoms with E-state index in [9.17, 15) is 13.2 Å². The van der Waals surface area contributed by atoms with Gasteiger partial charge in [0.15, 0.2) is 0 Å². The van der Waals surface area contributed by atoms with Crippen molar-refractivity contribution in [1.82, 2.24) is 9.62 Å². The highest BCUT2D eigenvalue weighted by atomic mass is 32.2. The fourth-order valence-electron chi connectivity index (χ4n) is 2.60. The molecule has 2 rings (SSSR count). The Labute approximate surface area is 137 Å². The van der Waals surface area contributed by atoms with Gasteiger partial charge in [-0.1, -0.05) is 37.3 Å². The molecule has 0 spiro atoms. The SMILES string of the molecule is CCCS(=O)(=O)N1CCC(NC(=O)OCc2ccccc2)CC1. The van der Waals surface area contributed by atoms with Crippen LogP contribution < -0.4 is 5.32 Å². The van der Waals surface area contributed by atoms with E-state index < -0.39 is 16.1 Å². The Balaban J connectivity index is 1.72. The van der Waals surface area contributed by atoms with Gasteiger partial charge < -0.3 is 10.1 Å². The first-order chi connectivity index (χ1) is 11.0. The van der Waals surface area contributed by atoms with Crippen LogP contribution in [0.2, 0.25) is 0 Å². The fourth-order valence-corrected chi connectivity index (χ4v) is 4.14. The maximum absolute atomic E-state index is 12.0. The number of hydrogen-bond acceptors (Lipinski definition) is 4. The number of carbonyl (C=O) groups excluding carboxylic acids is 1. The summed E-state index contributed by atoms with van der Waals surface area (Å²) in [6.07, 6.45) is 1.39. The van der Waals surface area contributed by atoms with E-state index >= 15 is 0 Å². The van der Waals surface area contributed by atoms with E-state index in [-0.39, 0.29) is 18.4 Å². The molecule has 6 nitrogen and oxygen atoms in total. The maximum Gasteiger partial charge on any atom is 0.407 e. The fraction of sp³-hybridized carbons (Fsp3) is 0.562. The summed E-state index contributed by atoms with van der Waals surface area (Å²) in [6, 6.07) is 9.44. The lowest BCUT2D eigenvalue weighted by Crippen LogP contribution is -2.47. The molecule has 1 fully saturated rings. The first-order valence-electron chi connectivity index (χ1n) is 7.96. The van der Waals surface area contributed by atoms with Crippen LogP contribution in [0.5, 0.6) is 0 Å². The van der Waals surface area contributed by atoms with Gasteiger partial charge in [-0.15, -0.1) is 0 Å². The molecule has 1 N–H and O–H groups in total. The number of piperidine rings is 1. The Hall–Kier alpha value is -1.60. The summed E-state index contributed by atoms with van der Waals surface area (Å²) < 4.78 is 30.7. The van der Waals surface area contributed by atoms with E-state index in [1.807, 2.05) is 37.3 Å². The minimum atomic E-state index is -3.14. The Morgan fingerprint density at radius 3 is 2.52 bits per heavy atom. The summed E-state index contributed by atoms with van der Waals surface area (Å²) in [5, 5.41) is 2.81. The van der Waals surface area contributed by atoms with Crippen molar-refractivity contribution in [2.75, 3.05) is 18.8 Å². The largest absolute Gasteiger partial charge is 0.445 e. The van der Waals surface area contributed by atoms with Crippen molar-refractivity contribution >= 4 is 16.1 Å². The Bertz CT molecular complexity index is 596. The third-order valence-electron chi connectivity index (χ3n) is 3.84. The maximum atomic E-state index is 12.0. The number of rotatable bonds is 6. The summed E-state index contributed by atoms with van der Waals surface area (Å²) in [7, 11) is -3.14. The molecule has 0 unspecified atom stereocenters. The predicted molar refractivity (Wildman–Crippen MR) is 88.4 cm³/mol. The van der Waals surface area contributed by atoms with Crippen LogP contribution in [0.3, 0.4) is 0 Å². The van der Waals surface area contributed by atoms with Crippen LogP contribution in [0.4, 0.5) is 4.79 Å². The van der Waals surface area contributed by atoms with Crippen LogP contribution >= 0.6 is 0 Å². The van der Waals surface area contributed by atoms with E-state index in [1.165, 1.54) is 4.31 Å². The van der Waals surface area contributed by atoms with Crippen molar-refractivity contribution in [2.45, 2.75) is 38.8 Å². The molecule has 0 aromatic heterocycles. The molecule has 0 saturated carbocycles. The minimum Gasteiger partial charge on any atom is -0.445 e. The van der Waals surface area contributed by atoms with E-state index in [0.29, 0.717) is 32.4 Å². The van der Waals surface area contributed by atoms with Gasteiger partial charge in [-0.25, -0.2) is 17.5 Å². The van der Waals surface area contributed by atoms with Gasteiger partial charge in [-0.05, 0) is 24.8 Å². The van der Waals surface area contributed by atoms with E-state index in [2.05, 4.69) is 5.32 Å². The highest BCUT2D eigenvalue weighted by Gasteiger charge is 2.28. The van der Waals surface area contributed by atoms with E-state index in [1.54, 1.807) is 0 Å². The number of sulfonamides is 1. The number of nitrogens with one attached hydrogen (secondary N) is 1. The summed E-state index contributed by atoms with van der Waals surface area (Å²) in [6.45, 7) is 2.99. The van der Waals surface area contributed by atoms with Crippen molar-refractivity contribution in [2.24, 2.45) is 0 Å². The monoisotopic (exact) mass is 340 g/mol. The molecule has 128 valence electrons. The standard InChI is InChI=1S/C16H24N2O4S/c1-2-12-23(20,21)18-10-8-15(9-11-18)17-16(19)22-13-14-6-4-3-5-7-14/h3-7,15H,2,8-13H2,1H3,(H,17,19). The lowest BCUT2D eigenvalue weighted by Gasteiger charge is -2.31. The number of alkyl carbamates (subject to hydrolysis) is 1. The van der Waals surface area contributed by atoms with Crippen molar-refractivity contribution in [1.29, 1.82) is 0 Å². The molecule has 1 aromatic rings. The van der Waals surface area contributed by atoms with Crippen molar-refractivity contribution in [3.8, 4) is 0 Å². The highest BCUT2D eigenvalue weighted by Crippen LogP contribution is 2.15. The topological polar surface area (TPSA) is 75.7 Å². The lowest BCUT2D eigenvalue weighted by atomic mass is 10.1. The molecule has 7 heteroatoms. The average molecular weight is 340 g/mol. The molecular formula is C16H24N2O4S. The smallest absolute Gasteiger partial charge is 0.407 e. The van der Waals surface area contributed by atoms with Crippen LogP contribution in [-0.2, 0) is 21.4 Å². The molecule has 23 heavy (non-hydrogen) atoms. The van der Waals surface area contributed by atoms with Crippen LogP contribution in [0.25, 0.3) is 0 Å². The van der Waals surface area contributed by atoms with Gasteiger partial charge in [0.05, 0.1) is 5.75 Å². The zero-order chi connectivity index (χ0) is 16.7. The van der Waals surface area contributed by atoms with Gasteiger partial charge in [-0.3, -0.25) is 0 Å². The predicted octanol–water partition coefficient (Wildman–Crippen LogP) is 2.12. The first-order valence-corrected chi connectivity index (χ1v) is 9.57. The van der Waals surface area contributed by atoms with Gasteiger partial charge in [0.2, 0.25) is 10.0 Å². The molecule has 0 bridgehead atoms. The van der Waals surface area contributed by atoms with Crippen LogP contribution in [0, 0.1) is 0 Å². The Morgan fingerprint density at radius 2 is 1.91 bits per heavy atom. The number of nitrogens with zero attached hydrogens (tertiary/aromatic N) is 1. The van der Waals surface area contributed by atoms with Crippen LogP contribution in [0.15, 0.2) is 30.3 Å².